The zero-order valence-corrected chi connectivity index (χ0v) is 9.84. The first-order valence-electron chi connectivity index (χ1n) is 5.67. The molecule has 0 atom stereocenters. The molecule has 17 heavy (non-hydrogen) atoms. The SMILES string of the molecule is CCOCCCC(=O)Cc1cccc(F)c1F. The van der Waals surface area contributed by atoms with E-state index in [1.54, 1.807) is 0 Å². The zero-order valence-electron chi connectivity index (χ0n) is 9.84. The van der Waals surface area contributed by atoms with Gasteiger partial charge < -0.3 is 4.74 Å². The molecule has 1 aromatic rings. The lowest BCUT2D eigenvalue weighted by molar-refractivity contribution is -0.118. The van der Waals surface area contributed by atoms with E-state index in [2.05, 4.69) is 0 Å². The van der Waals surface area contributed by atoms with Gasteiger partial charge in [0.2, 0.25) is 0 Å². The predicted molar refractivity (Wildman–Crippen MR) is 60.8 cm³/mol. The number of carbonyl (C=O) groups excluding carboxylic acids is 1. The zero-order chi connectivity index (χ0) is 12.7. The van der Waals surface area contributed by atoms with Gasteiger partial charge in [0.05, 0.1) is 0 Å². The summed E-state index contributed by atoms with van der Waals surface area (Å²) in [5.74, 6) is -1.94. The molecule has 0 amide bonds. The minimum atomic E-state index is -0.925. The lowest BCUT2D eigenvalue weighted by Gasteiger charge is -2.04. The van der Waals surface area contributed by atoms with Crippen LogP contribution in [0.2, 0.25) is 0 Å². The summed E-state index contributed by atoms with van der Waals surface area (Å²) in [6.07, 6.45) is 0.884. The number of ether oxygens (including phenoxy) is 1. The Hall–Kier alpha value is -1.29. The van der Waals surface area contributed by atoms with Crippen LogP contribution < -0.4 is 0 Å². The number of rotatable bonds is 7. The van der Waals surface area contributed by atoms with Gasteiger partial charge in [0.25, 0.3) is 0 Å². The van der Waals surface area contributed by atoms with Gasteiger partial charge in [-0.2, -0.15) is 0 Å². The van der Waals surface area contributed by atoms with Gasteiger partial charge in [-0.1, -0.05) is 12.1 Å². The van der Waals surface area contributed by atoms with E-state index < -0.39 is 11.6 Å². The van der Waals surface area contributed by atoms with Crippen molar-refractivity contribution >= 4 is 5.78 Å². The van der Waals surface area contributed by atoms with Crippen molar-refractivity contribution in [1.82, 2.24) is 0 Å². The van der Waals surface area contributed by atoms with E-state index in [4.69, 9.17) is 4.74 Å². The highest BCUT2D eigenvalue weighted by molar-refractivity contribution is 5.80. The molecular weight excluding hydrogens is 226 g/mol. The van der Waals surface area contributed by atoms with Gasteiger partial charge in [-0.25, -0.2) is 8.78 Å². The lowest BCUT2D eigenvalue weighted by atomic mass is 10.1. The molecule has 0 spiro atoms. The first-order valence-corrected chi connectivity index (χ1v) is 5.67. The Bertz CT molecular complexity index is 378. The van der Waals surface area contributed by atoms with Gasteiger partial charge in [0.15, 0.2) is 11.6 Å². The quantitative estimate of drug-likeness (QED) is 0.687. The van der Waals surface area contributed by atoms with Gasteiger partial charge in [-0.3, -0.25) is 4.79 Å². The van der Waals surface area contributed by atoms with Gasteiger partial charge in [0, 0.05) is 26.1 Å². The summed E-state index contributed by atoms with van der Waals surface area (Å²) in [4.78, 5) is 11.5. The van der Waals surface area contributed by atoms with Crippen molar-refractivity contribution in [1.29, 1.82) is 0 Å². The minimum absolute atomic E-state index is 0.0598. The Labute approximate surface area is 99.6 Å². The molecular formula is C13H16F2O2. The molecule has 1 rings (SSSR count). The second-order valence-electron chi connectivity index (χ2n) is 3.73. The Morgan fingerprint density at radius 3 is 2.82 bits per heavy atom. The normalized spacial score (nSPS) is 10.5. The molecule has 2 nitrogen and oxygen atoms in total. The average Bonchev–Trinajstić information content (AvgIpc) is 2.31. The maximum atomic E-state index is 13.3. The fourth-order valence-corrected chi connectivity index (χ4v) is 1.50. The third-order valence-electron chi connectivity index (χ3n) is 2.37. The standard InChI is InChI=1S/C13H16F2O2/c1-2-17-8-4-6-11(16)9-10-5-3-7-12(14)13(10)15/h3,5,7H,2,4,6,8-9H2,1H3. The molecule has 0 aliphatic rings. The topological polar surface area (TPSA) is 26.3 Å². The van der Waals surface area contributed by atoms with Crippen molar-refractivity contribution < 1.29 is 18.3 Å². The summed E-state index contributed by atoms with van der Waals surface area (Å²) in [6.45, 7) is 3.02. The Morgan fingerprint density at radius 2 is 2.12 bits per heavy atom. The van der Waals surface area contributed by atoms with E-state index in [1.165, 1.54) is 12.1 Å². The molecule has 0 N–H and O–H groups in total. The lowest BCUT2D eigenvalue weighted by Crippen LogP contribution is -2.07. The summed E-state index contributed by atoms with van der Waals surface area (Å²) in [5.41, 5.74) is 0.117. The van der Waals surface area contributed by atoms with E-state index in [1.807, 2.05) is 6.92 Å². The first-order chi connectivity index (χ1) is 8.15. The molecule has 0 fully saturated rings. The largest absolute Gasteiger partial charge is 0.382 e. The van der Waals surface area contributed by atoms with Crippen molar-refractivity contribution in [2.45, 2.75) is 26.2 Å². The molecule has 0 aromatic heterocycles. The number of hydrogen-bond acceptors (Lipinski definition) is 2. The highest BCUT2D eigenvalue weighted by atomic mass is 19.2. The number of carbonyl (C=O) groups is 1. The molecule has 1 aromatic carbocycles. The average molecular weight is 242 g/mol. The van der Waals surface area contributed by atoms with E-state index in [0.29, 0.717) is 26.1 Å². The molecule has 94 valence electrons. The molecule has 0 unspecified atom stereocenters. The van der Waals surface area contributed by atoms with E-state index in [-0.39, 0.29) is 17.8 Å². The first kappa shape index (κ1) is 13.8. The van der Waals surface area contributed by atoms with Crippen molar-refractivity contribution in [3.8, 4) is 0 Å². The monoisotopic (exact) mass is 242 g/mol. The third kappa shape index (κ3) is 4.61. The van der Waals surface area contributed by atoms with Crippen LogP contribution in [0, 0.1) is 11.6 Å². The van der Waals surface area contributed by atoms with Crippen LogP contribution in [0.4, 0.5) is 8.78 Å². The number of halogens is 2. The van der Waals surface area contributed by atoms with E-state index >= 15 is 0 Å². The molecule has 0 aliphatic carbocycles. The molecule has 0 radical (unpaired) electrons. The molecule has 0 bridgehead atoms. The summed E-state index contributed by atoms with van der Waals surface area (Å²) < 4.78 is 31.2. The molecule has 0 saturated heterocycles. The van der Waals surface area contributed by atoms with E-state index in [9.17, 15) is 13.6 Å². The highest BCUT2D eigenvalue weighted by Gasteiger charge is 2.11. The summed E-state index contributed by atoms with van der Waals surface area (Å²) in [5, 5.41) is 0. The van der Waals surface area contributed by atoms with Crippen molar-refractivity contribution in [2.75, 3.05) is 13.2 Å². The van der Waals surface area contributed by atoms with Crippen LogP contribution in [-0.2, 0) is 16.0 Å². The van der Waals surface area contributed by atoms with Crippen LogP contribution in [-0.4, -0.2) is 19.0 Å². The van der Waals surface area contributed by atoms with Gasteiger partial charge >= 0.3 is 0 Å². The van der Waals surface area contributed by atoms with Crippen LogP contribution in [0.1, 0.15) is 25.3 Å². The fraction of sp³-hybridized carbons (Fsp3) is 0.462. The second kappa shape index (κ2) is 7.12. The third-order valence-corrected chi connectivity index (χ3v) is 2.37. The molecule has 0 aliphatic heterocycles. The smallest absolute Gasteiger partial charge is 0.162 e. The maximum Gasteiger partial charge on any atom is 0.162 e. The Morgan fingerprint density at radius 1 is 1.35 bits per heavy atom. The fourth-order valence-electron chi connectivity index (χ4n) is 1.50. The van der Waals surface area contributed by atoms with Crippen LogP contribution in [0.5, 0.6) is 0 Å². The number of hydrogen-bond donors (Lipinski definition) is 0. The van der Waals surface area contributed by atoms with E-state index in [0.717, 1.165) is 6.07 Å². The van der Waals surface area contributed by atoms with Crippen molar-refractivity contribution in [3.63, 3.8) is 0 Å². The van der Waals surface area contributed by atoms with Crippen LogP contribution in [0.3, 0.4) is 0 Å². The number of Topliss-reactive ketones (excluding diaryl/α,β-unsaturated/α-hetero) is 1. The predicted octanol–water partition coefficient (Wildman–Crippen LogP) is 2.89. The number of benzene rings is 1. The van der Waals surface area contributed by atoms with Crippen molar-refractivity contribution in [3.05, 3.63) is 35.4 Å². The van der Waals surface area contributed by atoms with Gasteiger partial charge in [-0.15, -0.1) is 0 Å². The molecule has 4 heteroatoms. The maximum absolute atomic E-state index is 13.3. The molecule has 0 heterocycles. The van der Waals surface area contributed by atoms with Crippen LogP contribution in [0.15, 0.2) is 18.2 Å². The number of ketones is 1. The Kier molecular flexibility index (Phi) is 5.77. The van der Waals surface area contributed by atoms with Gasteiger partial charge in [-0.05, 0) is 25.0 Å². The highest BCUT2D eigenvalue weighted by Crippen LogP contribution is 2.13. The van der Waals surface area contributed by atoms with Crippen molar-refractivity contribution in [2.24, 2.45) is 0 Å². The van der Waals surface area contributed by atoms with Crippen LogP contribution in [0.25, 0.3) is 0 Å². The summed E-state index contributed by atoms with van der Waals surface area (Å²) in [7, 11) is 0. The summed E-state index contributed by atoms with van der Waals surface area (Å²) in [6, 6.07) is 3.87. The second-order valence-corrected chi connectivity index (χ2v) is 3.73. The van der Waals surface area contributed by atoms with Crippen LogP contribution >= 0.6 is 0 Å². The summed E-state index contributed by atoms with van der Waals surface area (Å²) >= 11 is 0. The van der Waals surface area contributed by atoms with Gasteiger partial charge in [0.1, 0.15) is 5.78 Å². The Balaban J connectivity index is 2.43. The molecule has 0 saturated carbocycles. The minimum Gasteiger partial charge on any atom is -0.382 e.